The predicted molar refractivity (Wildman–Crippen MR) is 61.4 cm³/mol. The van der Waals surface area contributed by atoms with Crippen LogP contribution in [0, 0.1) is 4.77 Å². The van der Waals surface area contributed by atoms with Crippen LogP contribution in [-0.2, 0) is 6.54 Å². The van der Waals surface area contributed by atoms with Gasteiger partial charge >= 0.3 is 0 Å². The monoisotopic (exact) mass is 234 g/mol. The number of carbonyl (C=O) groups is 1. The van der Waals surface area contributed by atoms with Gasteiger partial charge in [0.25, 0.3) is 5.91 Å². The van der Waals surface area contributed by atoms with Crippen molar-refractivity contribution in [2.75, 3.05) is 0 Å². The number of aromatic nitrogens is 3. The Morgan fingerprint density at radius 1 is 1.31 bits per heavy atom. The molecule has 1 amide bonds. The van der Waals surface area contributed by atoms with Gasteiger partial charge in [0, 0.05) is 5.56 Å². The summed E-state index contributed by atoms with van der Waals surface area (Å²) < 4.78 is 0.379. The van der Waals surface area contributed by atoms with Gasteiger partial charge in [0.05, 0.1) is 6.54 Å². The first-order valence-electron chi connectivity index (χ1n) is 4.72. The van der Waals surface area contributed by atoms with Crippen molar-refractivity contribution in [2.24, 2.45) is 0 Å². The molecule has 16 heavy (non-hydrogen) atoms. The molecule has 5 nitrogen and oxygen atoms in total. The maximum absolute atomic E-state index is 11.6. The lowest BCUT2D eigenvalue weighted by Gasteiger charge is -2.02. The molecule has 3 N–H and O–H groups in total. The van der Waals surface area contributed by atoms with E-state index in [9.17, 15) is 4.79 Å². The van der Waals surface area contributed by atoms with E-state index >= 15 is 0 Å². The van der Waals surface area contributed by atoms with Crippen LogP contribution in [0.5, 0.6) is 0 Å². The Hall–Kier alpha value is -1.95. The van der Waals surface area contributed by atoms with Crippen LogP contribution in [0.2, 0.25) is 0 Å². The zero-order valence-electron chi connectivity index (χ0n) is 8.36. The van der Waals surface area contributed by atoms with Crippen molar-refractivity contribution in [2.45, 2.75) is 6.54 Å². The van der Waals surface area contributed by atoms with Crippen LogP contribution in [0.15, 0.2) is 30.3 Å². The van der Waals surface area contributed by atoms with Gasteiger partial charge < -0.3 is 5.32 Å². The molecule has 1 aromatic heterocycles. The molecule has 0 saturated heterocycles. The lowest BCUT2D eigenvalue weighted by Crippen LogP contribution is -2.23. The highest BCUT2D eigenvalue weighted by Crippen LogP contribution is 1.98. The van der Waals surface area contributed by atoms with Crippen LogP contribution in [0.1, 0.15) is 16.2 Å². The van der Waals surface area contributed by atoms with E-state index in [4.69, 9.17) is 12.2 Å². The topological polar surface area (TPSA) is 73.6 Å². The summed E-state index contributed by atoms with van der Waals surface area (Å²) in [4.78, 5) is 15.6. The molecule has 0 aliphatic rings. The van der Waals surface area contributed by atoms with Crippen molar-refractivity contribution in [1.29, 1.82) is 0 Å². The number of aromatic amines is 2. The SMILES string of the molecule is O=C(NCc1nc(=S)[nH][nH]1)c1ccccc1. The minimum absolute atomic E-state index is 0.136. The van der Waals surface area contributed by atoms with Crippen molar-refractivity contribution in [3.05, 3.63) is 46.5 Å². The Bertz CT molecular complexity index is 531. The second kappa shape index (κ2) is 4.71. The van der Waals surface area contributed by atoms with Crippen LogP contribution < -0.4 is 5.32 Å². The number of benzene rings is 1. The van der Waals surface area contributed by atoms with Crippen LogP contribution in [-0.4, -0.2) is 21.1 Å². The lowest BCUT2D eigenvalue weighted by molar-refractivity contribution is 0.0950. The number of nitrogens with one attached hydrogen (secondary N) is 3. The summed E-state index contributed by atoms with van der Waals surface area (Å²) in [5.41, 5.74) is 0.622. The number of amides is 1. The van der Waals surface area contributed by atoms with Gasteiger partial charge in [-0.2, -0.15) is 0 Å². The average Bonchev–Trinajstić information content (AvgIpc) is 2.73. The molecule has 2 rings (SSSR count). The first kappa shape index (κ1) is 10.6. The van der Waals surface area contributed by atoms with Crippen LogP contribution in [0.25, 0.3) is 0 Å². The minimum atomic E-state index is -0.136. The molecule has 0 radical (unpaired) electrons. The molecule has 0 spiro atoms. The Balaban J connectivity index is 1.96. The van der Waals surface area contributed by atoms with Crippen molar-refractivity contribution in [3.63, 3.8) is 0 Å². The summed E-state index contributed by atoms with van der Waals surface area (Å²) in [6, 6.07) is 9.00. The van der Waals surface area contributed by atoms with Crippen LogP contribution in [0.4, 0.5) is 0 Å². The standard InChI is InChI=1S/C10H10N4OS/c15-9(7-4-2-1-3-5-7)11-6-8-12-10(16)14-13-8/h1-5H,6H2,(H,11,15)(H2,12,13,14,16). The summed E-state index contributed by atoms with van der Waals surface area (Å²) in [5, 5.41) is 8.15. The molecular formula is C10H10N4OS. The number of hydrogen-bond donors (Lipinski definition) is 3. The molecule has 0 fully saturated rings. The minimum Gasteiger partial charge on any atom is -0.345 e. The van der Waals surface area contributed by atoms with E-state index in [0.29, 0.717) is 22.7 Å². The van der Waals surface area contributed by atoms with Gasteiger partial charge in [-0.15, -0.1) is 0 Å². The van der Waals surface area contributed by atoms with E-state index in [1.165, 1.54) is 0 Å². The quantitative estimate of drug-likeness (QED) is 0.703. The number of H-pyrrole nitrogens is 2. The first-order chi connectivity index (χ1) is 7.75. The molecule has 0 atom stereocenters. The summed E-state index contributed by atoms with van der Waals surface area (Å²) in [6.07, 6.45) is 0. The van der Waals surface area contributed by atoms with E-state index in [-0.39, 0.29) is 5.91 Å². The molecule has 0 unspecified atom stereocenters. The maximum Gasteiger partial charge on any atom is 0.251 e. The van der Waals surface area contributed by atoms with Gasteiger partial charge in [-0.25, -0.2) is 4.98 Å². The van der Waals surface area contributed by atoms with Crippen molar-refractivity contribution < 1.29 is 4.79 Å². The Labute approximate surface area is 96.9 Å². The Kier molecular flexibility index (Phi) is 3.11. The van der Waals surface area contributed by atoms with E-state index in [1.807, 2.05) is 18.2 Å². The number of nitrogens with zero attached hydrogens (tertiary/aromatic N) is 1. The fourth-order valence-corrected chi connectivity index (χ4v) is 1.40. The van der Waals surface area contributed by atoms with Gasteiger partial charge in [0.1, 0.15) is 5.82 Å². The molecule has 0 bridgehead atoms. The van der Waals surface area contributed by atoms with Gasteiger partial charge in [-0.1, -0.05) is 18.2 Å². The smallest absolute Gasteiger partial charge is 0.251 e. The van der Waals surface area contributed by atoms with Crippen LogP contribution in [0.3, 0.4) is 0 Å². The second-order valence-corrected chi connectivity index (χ2v) is 3.55. The highest BCUT2D eigenvalue weighted by atomic mass is 32.1. The van der Waals surface area contributed by atoms with E-state index in [2.05, 4.69) is 20.5 Å². The molecule has 82 valence electrons. The fourth-order valence-electron chi connectivity index (χ4n) is 1.24. The third-order valence-electron chi connectivity index (χ3n) is 2.00. The molecule has 2 aromatic rings. The fraction of sp³-hybridized carbons (Fsp3) is 0.100. The zero-order valence-corrected chi connectivity index (χ0v) is 9.17. The molecule has 0 saturated carbocycles. The zero-order chi connectivity index (χ0) is 11.4. The van der Waals surface area contributed by atoms with Crippen molar-refractivity contribution in [3.8, 4) is 0 Å². The van der Waals surface area contributed by atoms with E-state index in [1.54, 1.807) is 12.1 Å². The molecule has 0 aliphatic heterocycles. The normalized spacial score (nSPS) is 10.0. The second-order valence-electron chi connectivity index (χ2n) is 3.16. The maximum atomic E-state index is 11.6. The molecule has 6 heteroatoms. The van der Waals surface area contributed by atoms with Gasteiger partial charge in [0.2, 0.25) is 4.77 Å². The Morgan fingerprint density at radius 3 is 2.69 bits per heavy atom. The number of carbonyl (C=O) groups excluding carboxylic acids is 1. The highest BCUT2D eigenvalue weighted by Gasteiger charge is 2.04. The van der Waals surface area contributed by atoms with Gasteiger partial charge in [0.15, 0.2) is 0 Å². The Morgan fingerprint density at radius 2 is 2.06 bits per heavy atom. The lowest BCUT2D eigenvalue weighted by atomic mass is 10.2. The summed E-state index contributed by atoms with van der Waals surface area (Å²) in [7, 11) is 0. The third-order valence-corrected chi connectivity index (χ3v) is 2.20. The summed E-state index contributed by atoms with van der Waals surface area (Å²) >= 11 is 4.80. The number of hydrogen-bond acceptors (Lipinski definition) is 3. The highest BCUT2D eigenvalue weighted by molar-refractivity contribution is 7.71. The average molecular weight is 234 g/mol. The van der Waals surface area contributed by atoms with E-state index in [0.717, 1.165) is 0 Å². The third kappa shape index (κ3) is 2.54. The van der Waals surface area contributed by atoms with Crippen molar-refractivity contribution >= 4 is 18.1 Å². The molecule has 0 aliphatic carbocycles. The molecular weight excluding hydrogens is 224 g/mol. The van der Waals surface area contributed by atoms with Gasteiger partial charge in [-0.05, 0) is 24.4 Å². The number of rotatable bonds is 3. The predicted octanol–water partition coefficient (Wildman–Crippen LogP) is 1.40. The summed E-state index contributed by atoms with van der Waals surface area (Å²) in [6.45, 7) is 0.320. The molecule has 1 aromatic carbocycles. The van der Waals surface area contributed by atoms with E-state index < -0.39 is 0 Å². The van der Waals surface area contributed by atoms with Gasteiger partial charge in [-0.3, -0.25) is 15.0 Å². The molecule has 1 heterocycles. The largest absolute Gasteiger partial charge is 0.345 e. The van der Waals surface area contributed by atoms with Crippen LogP contribution >= 0.6 is 12.2 Å². The first-order valence-corrected chi connectivity index (χ1v) is 5.13. The summed E-state index contributed by atoms with van der Waals surface area (Å²) in [5.74, 6) is 0.470. The van der Waals surface area contributed by atoms with Crippen molar-refractivity contribution in [1.82, 2.24) is 20.5 Å².